The van der Waals surface area contributed by atoms with Crippen LogP contribution in [0.1, 0.15) is 43.9 Å². The lowest BCUT2D eigenvalue weighted by Crippen LogP contribution is -2.30. The van der Waals surface area contributed by atoms with Crippen molar-refractivity contribution in [2.75, 3.05) is 12.3 Å². The molecular weight excluding hydrogens is 326 g/mol. The summed E-state index contributed by atoms with van der Waals surface area (Å²) in [5.41, 5.74) is 4.12. The minimum Gasteiger partial charge on any atom is -0.343 e. The van der Waals surface area contributed by atoms with E-state index in [1.165, 1.54) is 23.1 Å². The third kappa shape index (κ3) is 5.08. The fourth-order valence-corrected chi connectivity index (χ4v) is 3.82. The van der Waals surface area contributed by atoms with Crippen LogP contribution in [0.25, 0.3) is 0 Å². The second-order valence-corrected chi connectivity index (χ2v) is 8.59. The van der Waals surface area contributed by atoms with Crippen LogP contribution < -0.4 is 0 Å². The van der Waals surface area contributed by atoms with Gasteiger partial charge in [0, 0.05) is 37.8 Å². The van der Waals surface area contributed by atoms with E-state index in [-0.39, 0.29) is 5.41 Å². The van der Waals surface area contributed by atoms with Gasteiger partial charge in [0.25, 0.3) is 0 Å². The maximum atomic E-state index is 4.76. The molecule has 0 fully saturated rings. The molecule has 0 unspecified atom stereocenters. The van der Waals surface area contributed by atoms with Gasteiger partial charge in [0.2, 0.25) is 0 Å². The van der Waals surface area contributed by atoms with E-state index in [0.29, 0.717) is 0 Å². The molecule has 25 heavy (non-hydrogen) atoms. The van der Waals surface area contributed by atoms with Crippen LogP contribution in [0.4, 0.5) is 0 Å². The van der Waals surface area contributed by atoms with Crippen LogP contribution >= 0.6 is 11.8 Å². The molecule has 0 atom stereocenters. The van der Waals surface area contributed by atoms with E-state index in [0.717, 1.165) is 30.6 Å². The molecule has 0 saturated heterocycles. The zero-order valence-corrected chi connectivity index (χ0v) is 16.2. The molecule has 0 spiro atoms. The van der Waals surface area contributed by atoms with Gasteiger partial charge in [-0.25, -0.2) is 0 Å². The molecule has 132 valence electrons. The van der Waals surface area contributed by atoms with Gasteiger partial charge < -0.3 is 4.90 Å². The smallest absolute Gasteiger partial charge is 0.159 e. The van der Waals surface area contributed by atoms with Crippen LogP contribution in [-0.2, 0) is 18.5 Å². The Kier molecular flexibility index (Phi) is 5.79. The van der Waals surface area contributed by atoms with Crippen LogP contribution in [-0.4, -0.2) is 27.3 Å². The highest BCUT2D eigenvalue weighted by atomic mass is 32.2. The van der Waals surface area contributed by atoms with E-state index in [1.807, 2.05) is 30.2 Å². The van der Waals surface area contributed by atoms with E-state index in [9.17, 15) is 0 Å². The van der Waals surface area contributed by atoms with Crippen LogP contribution in [0.5, 0.6) is 0 Å². The number of hydrogen-bond acceptors (Lipinski definition) is 4. The number of hydrogen-bond donors (Lipinski definition) is 0. The van der Waals surface area contributed by atoms with Crippen LogP contribution in [0, 0.1) is 0 Å². The highest BCUT2D eigenvalue weighted by molar-refractivity contribution is 8.13. The third-order valence-electron chi connectivity index (χ3n) is 4.34. The molecule has 1 aliphatic rings. The monoisotopic (exact) mass is 353 g/mol. The number of rotatable bonds is 4. The summed E-state index contributed by atoms with van der Waals surface area (Å²) in [6.45, 7) is 9.43. The normalized spacial score (nSPS) is 14.9. The predicted molar refractivity (Wildman–Crippen MR) is 108 cm³/mol. The molecule has 3 rings (SSSR count). The number of thioether (sulfide) groups is 1. The van der Waals surface area contributed by atoms with Crippen LogP contribution in [0.15, 0.2) is 53.8 Å². The zero-order valence-electron chi connectivity index (χ0n) is 15.4. The van der Waals surface area contributed by atoms with Crippen molar-refractivity contribution in [2.24, 2.45) is 4.99 Å². The fraction of sp³-hybridized carbons (Fsp3) is 0.429. The lowest BCUT2D eigenvalue weighted by atomic mass is 9.87. The Morgan fingerprint density at radius 2 is 1.80 bits per heavy atom. The number of amidine groups is 1. The number of aliphatic imine (C=N–C) groups is 1. The fourth-order valence-electron chi connectivity index (χ4n) is 2.87. The Hall–Kier alpha value is -1.81. The minimum atomic E-state index is 0.192. The standard InChI is InChI=1S/C21H27N3S/c1-21(2,3)19-9-7-17(8-10-19)15-24(20-23-12-5-13-25-20)16-18-6-4-11-22-14-18/h4,6-11,14H,5,12-13,15-16H2,1-3H3. The molecule has 0 aliphatic carbocycles. The molecule has 0 N–H and O–H groups in total. The van der Waals surface area contributed by atoms with E-state index in [2.05, 4.69) is 61.0 Å². The van der Waals surface area contributed by atoms with E-state index in [1.54, 1.807) is 0 Å². The first-order valence-electron chi connectivity index (χ1n) is 8.93. The summed E-state index contributed by atoms with van der Waals surface area (Å²) in [5.74, 6) is 1.16. The van der Waals surface area contributed by atoms with Gasteiger partial charge in [-0.15, -0.1) is 0 Å². The van der Waals surface area contributed by atoms with Gasteiger partial charge in [-0.1, -0.05) is 62.9 Å². The second-order valence-electron chi connectivity index (χ2n) is 7.53. The molecule has 0 saturated carbocycles. The number of benzene rings is 1. The van der Waals surface area contributed by atoms with Crippen molar-refractivity contribution in [2.45, 2.75) is 45.7 Å². The number of nitrogens with zero attached hydrogens (tertiary/aromatic N) is 3. The molecule has 0 radical (unpaired) electrons. The van der Waals surface area contributed by atoms with Crippen molar-refractivity contribution in [3.8, 4) is 0 Å². The molecular formula is C21H27N3S. The summed E-state index contributed by atoms with van der Waals surface area (Å²) >= 11 is 1.87. The van der Waals surface area contributed by atoms with Crippen molar-refractivity contribution < 1.29 is 0 Å². The molecule has 0 bridgehead atoms. The van der Waals surface area contributed by atoms with Gasteiger partial charge in [0.05, 0.1) is 0 Å². The van der Waals surface area contributed by atoms with Gasteiger partial charge in [-0.2, -0.15) is 0 Å². The van der Waals surface area contributed by atoms with Gasteiger partial charge in [-0.3, -0.25) is 9.98 Å². The van der Waals surface area contributed by atoms with E-state index in [4.69, 9.17) is 4.99 Å². The maximum Gasteiger partial charge on any atom is 0.159 e. The van der Waals surface area contributed by atoms with Crippen molar-refractivity contribution in [1.82, 2.24) is 9.88 Å². The van der Waals surface area contributed by atoms with Gasteiger partial charge in [-0.05, 0) is 34.6 Å². The largest absolute Gasteiger partial charge is 0.343 e. The van der Waals surface area contributed by atoms with Gasteiger partial charge in [0.1, 0.15) is 0 Å². The summed E-state index contributed by atoms with van der Waals surface area (Å²) in [6, 6.07) is 13.2. The quantitative estimate of drug-likeness (QED) is 0.785. The Balaban J connectivity index is 1.78. The minimum absolute atomic E-state index is 0.192. The van der Waals surface area contributed by atoms with Crippen molar-refractivity contribution in [3.05, 3.63) is 65.5 Å². The molecule has 0 amide bonds. The maximum absolute atomic E-state index is 4.76. The van der Waals surface area contributed by atoms with E-state index >= 15 is 0 Å². The molecule has 1 aromatic carbocycles. The Bertz CT molecular complexity index is 702. The van der Waals surface area contributed by atoms with Crippen molar-refractivity contribution >= 4 is 16.9 Å². The summed E-state index contributed by atoms with van der Waals surface area (Å²) in [5, 5.41) is 1.16. The Morgan fingerprint density at radius 3 is 2.40 bits per heavy atom. The summed E-state index contributed by atoms with van der Waals surface area (Å²) in [4.78, 5) is 11.4. The second kappa shape index (κ2) is 8.05. The average Bonchev–Trinajstić information content (AvgIpc) is 2.62. The summed E-state index contributed by atoms with van der Waals surface area (Å²) in [6.07, 6.45) is 4.95. The van der Waals surface area contributed by atoms with Crippen molar-refractivity contribution in [3.63, 3.8) is 0 Å². The highest BCUT2D eigenvalue weighted by Gasteiger charge is 2.17. The van der Waals surface area contributed by atoms with Gasteiger partial charge in [0.15, 0.2) is 5.17 Å². The lowest BCUT2D eigenvalue weighted by molar-refractivity contribution is 0.411. The summed E-state index contributed by atoms with van der Waals surface area (Å²) < 4.78 is 0. The Labute approximate surface area is 155 Å². The third-order valence-corrected chi connectivity index (χ3v) is 5.48. The molecule has 2 aromatic rings. The summed E-state index contributed by atoms with van der Waals surface area (Å²) in [7, 11) is 0. The SMILES string of the molecule is CC(C)(C)c1ccc(CN(Cc2cccnc2)C2=NCCCS2)cc1. The molecule has 2 heterocycles. The molecule has 4 heteroatoms. The van der Waals surface area contributed by atoms with Crippen molar-refractivity contribution in [1.29, 1.82) is 0 Å². The molecule has 1 aliphatic heterocycles. The first-order valence-corrected chi connectivity index (χ1v) is 9.91. The Morgan fingerprint density at radius 1 is 1.04 bits per heavy atom. The zero-order chi connectivity index (χ0) is 17.7. The lowest BCUT2D eigenvalue weighted by Gasteiger charge is -2.28. The van der Waals surface area contributed by atoms with Crippen LogP contribution in [0.2, 0.25) is 0 Å². The average molecular weight is 354 g/mol. The topological polar surface area (TPSA) is 28.5 Å². The number of aromatic nitrogens is 1. The number of pyridine rings is 1. The highest BCUT2D eigenvalue weighted by Crippen LogP contribution is 2.24. The van der Waals surface area contributed by atoms with Crippen LogP contribution in [0.3, 0.4) is 0 Å². The first-order chi connectivity index (χ1) is 12.0. The first kappa shape index (κ1) is 18.0. The molecule has 3 nitrogen and oxygen atoms in total. The molecule has 1 aromatic heterocycles. The van der Waals surface area contributed by atoms with E-state index < -0.39 is 0 Å². The predicted octanol–water partition coefficient (Wildman–Crippen LogP) is 4.87. The van der Waals surface area contributed by atoms with Gasteiger partial charge >= 0.3 is 0 Å².